The Balaban J connectivity index is 2.04. The summed E-state index contributed by atoms with van der Waals surface area (Å²) >= 11 is 0. The molecule has 10 nitrogen and oxygen atoms in total. The number of carboxylic acids is 1. The third-order valence-corrected chi connectivity index (χ3v) is 6.09. The Bertz CT molecular complexity index is 1530. The summed E-state index contributed by atoms with van der Waals surface area (Å²) in [6, 6.07) is 9.97. The average molecular weight is 479 g/mol. The van der Waals surface area contributed by atoms with Crippen LogP contribution in [0, 0.1) is 6.92 Å². The summed E-state index contributed by atoms with van der Waals surface area (Å²) in [5.74, 6) is -0.627. The largest absolute Gasteiger partial charge is 0.496 e. The van der Waals surface area contributed by atoms with E-state index in [1.54, 1.807) is 43.3 Å². The maximum absolute atomic E-state index is 13.6. The highest BCUT2D eigenvalue weighted by Crippen LogP contribution is 2.29. The zero-order valence-electron chi connectivity index (χ0n) is 19.7. The van der Waals surface area contributed by atoms with Crippen LogP contribution in [0.3, 0.4) is 0 Å². The summed E-state index contributed by atoms with van der Waals surface area (Å²) in [5.41, 5.74) is -1.61. The van der Waals surface area contributed by atoms with Crippen LogP contribution in [0.4, 0.5) is 0 Å². The van der Waals surface area contributed by atoms with Crippen molar-refractivity contribution in [2.45, 2.75) is 39.0 Å². The number of aryl methyl sites for hydroxylation is 1. The van der Waals surface area contributed by atoms with Gasteiger partial charge in [-0.25, -0.2) is 19.1 Å². The number of aliphatic carboxylic acids is 1. The lowest BCUT2D eigenvalue weighted by Crippen LogP contribution is -2.52. The molecule has 2 aromatic heterocycles. The number of para-hydroxylation sites is 1. The monoisotopic (exact) mass is 479 g/mol. The molecule has 0 radical (unpaired) electrons. The molecule has 1 atom stereocenters. The standard InChI is InChI=1S/C25H25N3O7/c1-14-11-17-18(12-16(14)21-26-9-10-35-21)27(13-19(29)15-7-5-6-8-20(15)34-4)24(33)28(22(17)30)25(2,3)23(31)32/h5-12,19,29H,13H2,1-4H3,(H,31,32). The minimum Gasteiger partial charge on any atom is -0.496 e. The van der Waals surface area contributed by atoms with Crippen molar-refractivity contribution in [1.29, 1.82) is 0 Å². The fourth-order valence-electron chi connectivity index (χ4n) is 4.09. The summed E-state index contributed by atoms with van der Waals surface area (Å²) in [5, 5.41) is 21.0. The molecule has 4 aromatic rings. The maximum atomic E-state index is 13.6. The molecular weight excluding hydrogens is 454 g/mol. The zero-order chi connectivity index (χ0) is 25.5. The van der Waals surface area contributed by atoms with Gasteiger partial charge in [0.2, 0.25) is 5.89 Å². The van der Waals surface area contributed by atoms with Crippen molar-refractivity contribution in [1.82, 2.24) is 14.1 Å². The van der Waals surface area contributed by atoms with E-state index in [9.17, 15) is 24.6 Å². The van der Waals surface area contributed by atoms with Crippen molar-refractivity contribution in [3.63, 3.8) is 0 Å². The van der Waals surface area contributed by atoms with Crippen molar-refractivity contribution < 1.29 is 24.2 Å². The fourth-order valence-corrected chi connectivity index (χ4v) is 4.09. The molecule has 0 fully saturated rings. The number of carboxylic acid groups (broad SMARTS) is 1. The van der Waals surface area contributed by atoms with Crippen LogP contribution in [0.25, 0.3) is 22.4 Å². The van der Waals surface area contributed by atoms with Gasteiger partial charge in [-0.1, -0.05) is 18.2 Å². The first-order valence-electron chi connectivity index (χ1n) is 10.8. The van der Waals surface area contributed by atoms with Gasteiger partial charge in [0.15, 0.2) is 0 Å². The molecule has 0 aliphatic heterocycles. The van der Waals surface area contributed by atoms with Gasteiger partial charge in [0.05, 0.1) is 30.8 Å². The smallest absolute Gasteiger partial charge is 0.332 e. The van der Waals surface area contributed by atoms with Gasteiger partial charge in [0.1, 0.15) is 23.7 Å². The number of hydrogen-bond acceptors (Lipinski definition) is 7. The fraction of sp³-hybridized carbons (Fsp3) is 0.280. The second-order valence-electron chi connectivity index (χ2n) is 8.68. The van der Waals surface area contributed by atoms with Crippen LogP contribution in [0.5, 0.6) is 5.75 Å². The van der Waals surface area contributed by atoms with Crippen LogP contribution in [-0.4, -0.2) is 37.4 Å². The van der Waals surface area contributed by atoms with Crippen molar-refractivity contribution >= 4 is 16.9 Å². The third kappa shape index (κ3) is 4.01. The number of benzene rings is 2. The number of methoxy groups -OCH3 is 1. The quantitative estimate of drug-likeness (QED) is 0.413. The third-order valence-electron chi connectivity index (χ3n) is 6.09. The highest BCUT2D eigenvalue weighted by Gasteiger charge is 2.34. The number of nitrogens with zero attached hydrogens (tertiary/aromatic N) is 3. The van der Waals surface area contributed by atoms with Gasteiger partial charge in [-0.3, -0.25) is 9.36 Å². The van der Waals surface area contributed by atoms with E-state index >= 15 is 0 Å². The van der Waals surface area contributed by atoms with E-state index < -0.39 is 28.9 Å². The van der Waals surface area contributed by atoms with Gasteiger partial charge in [-0.05, 0) is 44.5 Å². The van der Waals surface area contributed by atoms with Crippen LogP contribution in [-0.2, 0) is 16.9 Å². The molecule has 0 bridgehead atoms. The Morgan fingerprint density at radius 3 is 2.57 bits per heavy atom. The molecule has 2 N–H and O–H groups in total. The van der Waals surface area contributed by atoms with Crippen molar-refractivity contribution in [3.8, 4) is 17.2 Å². The van der Waals surface area contributed by atoms with Crippen LogP contribution in [0.1, 0.15) is 31.1 Å². The van der Waals surface area contributed by atoms with Crippen LogP contribution >= 0.6 is 0 Å². The lowest BCUT2D eigenvalue weighted by atomic mass is 10.0. The van der Waals surface area contributed by atoms with Crippen molar-refractivity contribution in [2.75, 3.05) is 7.11 Å². The van der Waals surface area contributed by atoms with Gasteiger partial charge in [-0.2, -0.15) is 0 Å². The normalized spacial score (nSPS) is 12.6. The number of aliphatic hydroxyl groups is 1. The Labute approximate surface area is 199 Å². The Kier molecular flexibility index (Phi) is 6.08. The molecule has 10 heteroatoms. The summed E-state index contributed by atoms with van der Waals surface area (Å²) < 4.78 is 12.7. The van der Waals surface area contributed by atoms with Crippen LogP contribution in [0.2, 0.25) is 0 Å². The molecule has 2 aromatic carbocycles. The van der Waals surface area contributed by atoms with E-state index in [0.29, 0.717) is 32.9 Å². The predicted molar refractivity (Wildman–Crippen MR) is 128 cm³/mol. The second kappa shape index (κ2) is 8.88. The molecule has 0 saturated heterocycles. The first kappa shape index (κ1) is 24.0. The number of hydrogen-bond donors (Lipinski definition) is 2. The molecule has 182 valence electrons. The van der Waals surface area contributed by atoms with Gasteiger partial charge in [0.25, 0.3) is 5.56 Å². The minimum atomic E-state index is -1.84. The molecule has 1 unspecified atom stereocenters. The number of fused-ring (bicyclic) bond motifs is 1. The number of carbonyl (C=O) groups is 1. The molecule has 4 rings (SSSR count). The molecule has 0 amide bonds. The molecule has 0 saturated carbocycles. The Hall–Kier alpha value is -4.18. The van der Waals surface area contributed by atoms with Crippen LogP contribution in [0.15, 0.2) is 62.9 Å². The highest BCUT2D eigenvalue weighted by atomic mass is 16.5. The SMILES string of the molecule is COc1ccccc1C(O)Cn1c(=O)n(C(C)(C)C(=O)O)c(=O)c2cc(C)c(-c3ncco3)cc21. The molecule has 0 aliphatic carbocycles. The molecular formula is C25H25N3O7. The number of oxazole rings is 1. The highest BCUT2D eigenvalue weighted by molar-refractivity contribution is 5.85. The van der Waals surface area contributed by atoms with Gasteiger partial charge in [0, 0.05) is 11.1 Å². The maximum Gasteiger partial charge on any atom is 0.332 e. The lowest BCUT2D eigenvalue weighted by Gasteiger charge is -2.25. The average Bonchev–Trinajstić information content (AvgIpc) is 3.36. The molecule has 0 aliphatic rings. The number of aliphatic hydroxyl groups excluding tert-OH is 1. The van der Waals surface area contributed by atoms with Crippen molar-refractivity contribution in [3.05, 3.63) is 80.8 Å². The van der Waals surface area contributed by atoms with Crippen LogP contribution < -0.4 is 16.0 Å². The van der Waals surface area contributed by atoms with Crippen molar-refractivity contribution in [2.24, 2.45) is 0 Å². The molecule has 2 heterocycles. The minimum absolute atomic E-state index is 0.124. The number of aromatic nitrogens is 3. The number of rotatable bonds is 7. The second-order valence-corrected chi connectivity index (χ2v) is 8.68. The van der Waals surface area contributed by atoms with E-state index in [-0.39, 0.29) is 17.4 Å². The molecule has 35 heavy (non-hydrogen) atoms. The van der Waals surface area contributed by atoms with Gasteiger partial charge >= 0.3 is 11.7 Å². The molecule has 0 spiro atoms. The van der Waals surface area contributed by atoms with E-state index in [0.717, 1.165) is 0 Å². The first-order chi connectivity index (χ1) is 16.6. The predicted octanol–water partition coefficient (Wildman–Crippen LogP) is 2.69. The van der Waals surface area contributed by atoms with E-state index in [4.69, 9.17) is 9.15 Å². The van der Waals surface area contributed by atoms with E-state index in [1.165, 1.54) is 38.0 Å². The summed E-state index contributed by atoms with van der Waals surface area (Å²) in [6.07, 6.45) is 1.69. The van der Waals surface area contributed by atoms with Gasteiger partial charge in [-0.15, -0.1) is 0 Å². The van der Waals surface area contributed by atoms with E-state index in [1.807, 2.05) is 0 Å². The Morgan fingerprint density at radius 1 is 1.23 bits per heavy atom. The summed E-state index contributed by atoms with van der Waals surface area (Å²) in [6.45, 7) is 4.04. The summed E-state index contributed by atoms with van der Waals surface area (Å²) in [4.78, 5) is 43.2. The summed E-state index contributed by atoms with van der Waals surface area (Å²) in [7, 11) is 1.47. The van der Waals surface area contributed by atoms with Gasteiger partial charge < -0.3 is 19.4 Å². The number of ether oxygens (including phenoxy) is 1. The topological polar surface area (TPSA) is 137 Å². The zero-order valence-corrected chi connectivity index (χ0v) is 19.7. The Morgan fingerprint density at radius 2 is 1.94 bits per heavy atom. The lowest BCUT2D eigenvalue weighted by molar-refractivity contribution is -0.146. The van der Waals surface area contributed by atoms with E-state index in [2.05, 4.69) is 4.98 Å². The first-order valence-corrected chi connectivity index (χ1v) is 10.8.